The molecule has 6 nitrogen and oxygen atoms in total. The largest absolute Gasteiger partial charge is 0.573 e. The molecule has 1 N–H and O–H groups in total. The molecule has 0 unspecified atom stereocenters. The Morgan fingerprint density at radius 1 is 1.16 bits per heavy atom. The van der Waals surface area contributed by atoms with Gasteiger partial charge in [-0.3, -0.25) is 0 Å². The van der Waals surface area contributed by atoms with Crippen LogP contribution in [0.3, 0.4) is 0 Å². The van der Waals surface area contributed by atoms with Crippen LogP contribution in [0.4, 0.5) is 18.3 Å². The highest BCUT2D eigenvalue weighted by Crippen LogP contribution is 2.40. The molecule has 31 heavy (non-hydrogen) atoms. The predicted octanol–water partition coefficient (Wildman–Crippen LogP) is 4.75. The predicted molar refractivity (Wildman–Crippen MR) is 116 cm³/mol. The van der Waals surface area contributed by atoms with E-state index >= 15 is 0 Å². The lowest BCUT2D eigenvalue weighted by Crippen LogP contribution is -2.48. The average molecular weight is 474 g/mol. The van der Waals surface area contributed by atoms with E-state index in [1.807, 2.05) is 0 Å². The summed E-state index contributed by atoms with van der Waals surface area (Å²) in [5.74, 6) is -0.255. The molecule has 1 aromatic carbocycles. The van der Waals surface area contributed by atoms with Crippen LogP contribution in [0.1, 0.15) is 25.7 Å². The standard InChI is InChI=1S/C20H22F3N5OS.ClH/c21-20(22,23)29-15-4-1-3-14(11-15)16-12-25-17-28(16)26-18(30-17)27-10-2-5-19(13-27)6-8-24-9-7-19;/h1,3-4,11-12,24H,2,5-10,13H2;1H. The first kappa shape index (κ1) is 22.2. The molecule has 11 heteroatoms. The molecule has 3 aromatic rings. The number of benzene rings is 1. The van der Waals surface area contributed by atoms with Gasteiger partial charge in [-0.25, -0.2) is 9.50 Å². The summed E-state index contributed by atoms with van der Waals surface area (Å²) >= 11 is 1.52. The summed E-state index contributed by atoms with van der Waals surface area (Å²) in [6.07, 6.45) is 1.68. The Bertz CT molecular complexity index is 1040. The highest BCUT2D eigenvalue weighted by atomic mass is 35.5. The third-order valence-electron chi connectivity index (χ3n) is 6.03. The third kappa shape index (κ3) is 4.61. The van der Waals surface area contributed by atoms with E-state index in [0.29, 0.717) is 16.7 Å². The van der Waals surface area contributed by atoms with Gasteiger partial charge in [-0.15, -0.1) is 30.7 Å². The summed E-state index contributed by atoms with van der Waals surface area (Å²) in [5.41, 5.74) is 1.58. The molecule has 2 saturated heterocycles. The Labute approximate surface area is 187 Å². The van der Waals surface area contributed by atoms with Gasteiger partial charge in [0.15, 0.2) is 0 Å². The summed E-state index contributed by atoms with van der Waals surface area (Å²) in [4.78, 5) is 7.52. The Hall–Kier alpha value is -2.04. The van der Waals surface area contributed by atoms with Crippen molar-refractivity contribution in [3.63, 3.8) is 0 Å². The maximum absolute atomic E-state index is 12.6. The third-order valence-corrected chi connectivity index (χ3v) is 7.02. The summed E-state index contributed by atoms with van der Waals surface area (Å²) < 4.78 is 43.5. The quantitative estimate of drug-likeness (QED) is 0.595. The highest BCUT2D eigenvalue weighted by molar-refractivity contribution is 7.20. The van der Waals surface area contributed by atoms with Crippen LogP contribution >= 0.6 is 23.7 Å². The molecule has 0 atom stereocenters. The van der Waals surface area contributed by atoms with Crippen LogP contribution in [0.2, 0.25) is 0 Å². The van der Waals surface area contributed by atoms with Crippen LogP contribution in [-0.4, -0.2) is 47.1 Å². The zero-order valence-electron chi connectivity index (χ0n) is 16.7. The fourth-order valence-corrected chi connectivity index (χ4v) is 5.50. The zero-order chi connectivity index (χ0) is 20.8. The van der Waals surface area contributed by atoms with Crippen LogP contribution in [0.15, 0.2) is 30.5 Å². The van der Waals surface area contributed by atoms with Gasteiger partial charge >= 0.3 is 6.36 Å². The molecule has 4 heterocycles. The van der Waals surface area contributed by atoms with E-state index in [-0.39, 0.29) is 18.2 Å². The van der Waals surface area contributed by atoms with Gasteiger partial charge in [-0.2, -0.15) is 0 Å². The fourth-order valence-electron chi connectivity index (χ4n) is 4.60. The molecular formula is C20H23ClF3N5OS. The summed E-state index contributed by atoms with van der Waals surface area (Å²) in [6, 6.07) is 5.92. The van der Waals surface area contributed by atoms with Gasteiger partial charge in [-0.05, 0) is 56.3 Å². The van der Waals surface area contributed by atoms with Crippen molar-refractivity contribution in [1.82, 2.24) is 19.9 Å². The normalized spacial score (nSPS) is 18.9. The molecule has 1 spiro atoms. The van der Waals surface area contributed by atoms with Crippen molar-refractivity contribution in [2.45, 2.75) is 32.0 Å². The number of nitrogens with zero attached hydrogens (tertiary/aromatic N) is 4. The minimum Gasteiger partial charge on any atom is -0.406 e. The molecule has 0 amide bonds. The lowest BCUT2D eigenvalue weighted by molar-refractivity contribution is -0.274. The van der Waals surface area contributed by atoms with E-state index < -0.39 is 6.36 Å². The number of alkyl halides is 3. The van der Waals surface area contributed by atoms with E-state index in [1.54, 1.807) is 16.8 Å². The SMILES string of the molecule is Cl.FC(F)(F)Oc1cccc(-c2cnc3sc(N4CCCC5(CCNCC5)C4)nn23)c1. The Morgan fingerprint density at radius 2 is 1.97 bits per heavy atom. The van der Waals surface area contributed by atoms with Gasteiger partial charge in [0.1, 0.15) is 5.75 Å². The maximum atomic E-state index is 12.6. The number of halogens is 4. The first-order chi connectivity index (χ1) is 14.4. The molecule has 0 saturated carbocycles. The first-order valence-electron chi connectivity index (χ1n) is 10.1. The second-order valence-electron chi connectivity index (χ2n) is 8.07. The van der Waals surface area contributed by atoms with Crippen molar-refractivity contribution in [3.05, 3.63) is 30.5 Å². The van der Waals surface area contributed by atoms with Crippen molar-refractivity contribution in [2.75, 3.05) is 31.1 Å². The minimum absolute atomic E-state index is 0. The second kappa shape index (κ2) is 8.48. The number of aromatic nitrogens is 3. The lowest BCUT2D eigenvalue weighted by atomic mass is 9.73. The van der Waals surface area contributed by atoms with E-state index in [0.717, 1.165) is 42.7 Å². The smallest absolute Gasteiger partial charge is 0.406 e. The van der Waals surface area contributed by atoms with Gasteiger partial charge in [0, 0.05) is 18.7 Å². The second-order valence-corrected chi connectivity index (χ2v) is 9.01. The van der Waals surface area contributed by atoms with Crippen LogP contribution < -0.4 is 15.0 Å². The summed E-state index contributed by atoms with van der Waals surface area (Å²) in [5, 5.41) is 9.14. The van der Waals surface area contributed by atoms with Crippen molar-refractivity contribution in [3.8, 4) is 17.0 Å². The average Bonchev–Trinajstić information content (AvgIpc) is 3.28. The highest BCUT2D eigenvalue weighted by Gasteiger charge is 2.37. The molecule has 0 radical (unpaired) electrons. The van der Waals surface area contributed by atoms with Crippen molar-refractivity contribution < 1.29 is 17.9 Å². The molecule has 2 aliphatic rings. The molecule has 0 aliphatic carbocycles. The molecule has 168 valence electrons. The fraction of sp³-hybridized carbons (Fsp3) is 0.500. The molecule has 2 aliphatic heterocycles. The van der Waals surface area contributed by atoms with Crippen LogP contribution in [-0.2, 0) is 0 Å². The Morgan fingerprint density at radius 3 is 2.74 bits per heavy atom. The monoisotopic (exact) mass is 473 g/mol. The number of piperidine rings is 2. The molecular weight excluding hydrogens is 451 g/mol. The number of ether oxygens (including phenoxy) is 1. The van der Waals surface area contributed by atoms with E-state index in [9.17, 15) is 13.2 Å². The van der Waals surface area contributed by atoms with Gasteiger partial charge in [0.05, 0.1) is 11.9 Å². The van der Waals surface area contributed by atoms with Crippen LogP contribution in [0, 0.1) is 5.41 Å². The number of nitrogens with one attached hydrogen (secondary N) is 1. The van der Waals surface area contributed by atoms with E-state index in [2.05, 4.69) is 19.9 Å². The van der Waals surface area contributed by atoms with E-state index in [1.165, 1.54) is 48.8 Å². The van der Waals surface area contributed by atoms with Crippen molar-refractivity contribution >= 4 is 33.8 Å². The zero-order valence-corrected chi connectivity index (χ0v) is 18.3. The number of imidazole rings is 1. The van der Waals surface area contributed by atoms with Crippen LogP contribution in [0.25, 0.3) is 16.2 Å². The number of fused-ring (bicyclic) bond motifs is 1. The van der Waals surface area contributed by atoms with Gasteiger partial charge in [-0.1, -0.05) is 23.5 Å². The lowest BCUT2D eigenvalue weighted by Gasteiger charge is -2.45. The van der Waals surface area contributed by atoms with E-state index in [4.69, 9.17) is 5.10 Å². The number of rotatable bonds is 3. The van der Waals surface area contributed by atoms with Crippen LogP contribution in [0.5, 0.6) is 5.75 Å². The van der Waals surface area contributed by atoms with Gasteiger partial charge in [0.25, 0.3) is 0 Å². The number of anilines is 1. The topological polar surface area (TPSA) is 54.7 Å². The van der Waals surface area contributed by atoms with Gasteiger partial charge in [0.2, 0.25) is 10.1 Å². The number of hydrogen-bond donors (Lipinski definition) is 1. The first-order valence-corrected chi connectivity index (χ1v) is 10.9. The van der Waals surface area contributed by atoms with Gasteiger partial charge < -0.3 is 15.0 Å². The minimum atomic E-state index is -4.72. The van der Waals surface area contributed by atoms with Crippen molar-refractivity contribution in [2.24, 2.45) is 5.41 Å². The molecule has 2 fully saturated rings. The Kier molecular flexibility index (Phi) is 6.06. The summed E-state index contributed by atoms with van der Waals surface area (Å²) in [6.45, 7) is 4.09. The summed E-state index contributed by atoms with van der Waals surface area (Å²) in [7, 11) is 0. The molecule has 0 bridgehead atoms. The van der Waals surface area contributed by atoms with Crippen molar-refractivity contribution in [1.29, 1.82) is 0 Å². The molecule has 2 aromatic heterocycles. The molecule has 5 rings (SSSR count). The Balaban J connectivity index is 0.00000231. The maximum Gasteiger partial charge on any atom is 0.573 e. The number of hydrogen-bond acceptors (Lipinski definition) is 6.